The van der Waals surface area contributed by atoms with Gasteiger partial charge in [-0.15, -0.1) is 0 Å². The van der Waals surface area contributed by atoms with Crippen molar-refractivity contribution in [1.29, 1.82) is 0 Å². The smallest absolute Gasteiger partial charge is 0.491 e. The van der Waals surface area contributed by atoms with Crippen molar-refractivity contribution in [1.82, 2.24) is 4.90 Å². The first-order chi connectivity index (χ1) is 16.9. The van der Waals surface area contributed by atoms with E-state index in [1.54, 1.807) is 54.6 Å². The highest BCUT2D eigenvalue weighted by molar-refractivity contribution is 5.67. The quantitative estimate of drug-likeness (QED) is 0.429. The Hall–Kier alpha value is -3.46. The minimum atomic E-state index is -1.02. The lowest BCUT2D eigenvalue weighted by Gasteiger charge is -2.44. The topological polar surface area (TPSA) is 88.5 Å². The van der Waals surface area contributed by atoms with Crippen molar-refractivity contribution >= 4 is 6.16 Å². The monoisotopic (exact) mass is 479 g/mol. The fourth-order valence-corrected chi connectivity index (χ4v) is 4.70. The van der Waals surface area contributed by atoms with Crippen LogP contribution >= 0.6 is 0 Å². The van der Waals surface area contributed by atoms with Crippen molar-refractivity contribution in [3.05, 3.63) is 89.7 Å². The third-order valence-corrected chi connectivity index (χ3v) is 6.70. The highest BCUT2D eigenvalue weighted by atomic mass is 19.1. The molecule has 182 valence electrons. The van der Waals surface area contributed by atoms with E-state index in [0.29, 0.717) is 48.6 Å². The van der Waals surface area contributed by atoms with E-state index in [2.05, 4.69) is 4.90 Å². The van der Waals surface area contributed by atoms with E-state index < -0.39 is 17.9 Å². The van der Waals surface area contributed by atoms with Gasteiger partial charge in [0.1, 0.15) is 35.8 Å². The maximum atomic E-state index is 13.3. The van der Waals surface area contributed by atoms with E-state index in [-0.39, 0.29) is 24.2 Å². The average molecular weight is 480 g/mol. The Bertz CT molecular complexity index is 1180. The zero-order valence-electron chi connectivity index (χ0n) is 19.0. The van der Waals surface area contributed by atoms with Gasteiger partial charge in [-0.2, -0.15) is 0 Å². The van der Waals surface area contributed by atoms with Crippen LogP contribution in [0.1, 0.15) is 30.1 Å². The molecule has 3 aromatic carbocycles. The molecule has 5 rings (SSSR count). The summed E-state index contributed by atoms with van der Waals surface area (Å²) >= 11 is 0. The van der Waals surface area contributed by atoms with Crippen molar-refractivity contribution < 1.29 is 33.6 Å². The molecule has 35 heavy (non-hydrogen) atoms. The number of carbonyl (C=O) groups is 1. The van der Waals surface area contributed by atoms with E-state index in [1.165, 1.54) is 12.1 Å². The lowest BCUT2D eigenvalue weighted by molar-refractivity contribution is -0.0665. The Morgan fingerprint density at radius 1 is 0.971 bits per heavy atom. The summed E-state index contributed by atoms with van der Waals surface area (Å²) in [5, 5.41) is 22.1. The lowest BCUT2D eigenvalue weighted by Crippen LogP contribution is -2.52. The fraction of sp³-hybridized carbons (Fsp3) is 0.296. The zero-order valence-corrected chi connectivity index (χ0v) is 19.0. The molecule has 2 heterocycles. The van der Waals surface area contributed by atoms with Gasteiger partial charge < -0.3 is 24.4 Å². The summed E-state index contributed by atoms with van der Waals surface area (Å²) in [5.41, 5.74) is 0.274. The SMILES string of the molecule is O=C(Oc1ccccc1)Oc1ccc2c(c1)OC[C@@H](N1CCC(O)(c3ccc(F)cc3)CC1)[C@H]2O. The number of benzene rings is 3. The van der Waals surface area contributed by atoms with E-state index >= 15 is 0 Å². The molecule has 8 heteroatoms. The molecule has 0 unspecified atom stereocenters. The van der Waals surface area contributed by atoms with Crippen LogP contribution in [-0.2, 0) is 5.60 Å². The second-order valence-electron chi connectivity index (χ2n) is 8.86. The maximum Gasteiger partial charge on any atom is 0.519 e. The molecule has 0 spiro atoms. The second-order valence-corrected chi connectivity index (χ2v) is 8.86. The first-order valence-corrected chi connectivity index (χ1v) is 11.5. The fourth-order valence-electron chi connectivity index (χ4n) is 4.70. The van der Waals surface area contributed by atoms with Gasteiger partial charge in [0.05, 0.1) is 11.6 Å². The summed E-state index contributed by atoms with van der Waals surface area (Å²) in [6.07, 6.45) is -0.746. The van der Waals surface area contributed by atoms with Crippen molar-refractivity contribution in [3.8, 4) is 17.2 Å². The van der Waals surface area contributed by atoms with Crippen molar-refractivity contribution in [2.45, 2.75) is 30.6 Å². The number of aliphatic hydroxyl groups is 2. The number of fused-ring (bicyclic) bond motifs is 1. The summed E-state index contributed by atoms with van der Waals surface area (Å²) < 4.78 is 29.6. The molecule has 2 N–H and O–H groups in total. The third kappa shape index (κ3) is 5.00. The molecular weight excluding hydrogens is 453 g/mol. The number of aliphatic hydroxyl groups excluding tert-OH is 1. The van der Waals surface area contributed by atoms with Crippen LogP contribution in [0.3, 0.4) is 0 Å². The Balaban J connectivity index is 1.21. The Labute approximate surface area is 202 Å². The molecule has 3 aromatic rings. The molecule has 2 aliphatic heterocycles. The Kier molecular flexibility index (Phi) is 6.42. The van der Waals surface area contributed by atoms with E-state index in [1.807, 2.05) is 6.07 Å². The molecule has 0 aromatic heterocycles. The molecule has 0 aliphatic carbocycles. The van der Waals surface area contributed by atoms with E-state index in [9.17, 15) is 19.4 Å². The number of ether oxygens (including phenoxy) is 3. The lowest BCUT2D eigenvalue weighted by atomic mass is 9.83. The summed E-state index contributed by atoms with van der Waals surface area (Å²) in [5.74, 6) is 0.728. The van der Waals surface area contributed by atoms with Crippen LogP contribution in [0.15, 0.2) is 72.8 Å². The summed E-state index contributed by atoms with van der Waals surface area (Å²) in [6.45, 7) is 1.36. The van der Waals surface area contributed by atoms with Crippen LogP contribution in [0.2, 0.25) is 0 Å². The van der Waals surface area contributed by atoms with E-state index in [0.717, 1.165) is 0 Å². The Morgan fingerprint density at radius 2 is 1.66 bits per heavy atom. The number of hydrogen-bond donors (Lipinski definition) is 2. The average Bonchev–Trinajstić information content (AvgIpc) is 2.86. The first-order valence-electron chi connectivity index (χ1n) is 11.5. The molecule has 1 fully saturated rings. The normalized spacial score (nSPS) is 21.5. The van der Waals surface area contributed by atoms with Gasteiger partial charge in [-0.05, 0) is 54.8 Å². The second kappa shape index (κ2) is 9.65. The minimum absolute atomic E-state index is 0.248. The highest BCUT2D eigenvalue weighted by Gasteiger charge is 2.40. The van der Waals surface area contributed by atoms with Crippen molar-refractivity contribution in [2.24, 2.45) is 0 Å². The molecule has 0 amide bonds. The van der Waals surface area contributed by atoms with Gasteiger partial charge in [-0.3, -0.25) is 4.90 Å². The minimum Gasteiger partial charge on any atom is -0.491 e. The third-order valence-electron chi connectivity index (χ3n) is 6.70. The van der Waals surface area contributed by atoms with Crippen LogP contribution in [-0.4, -0.2) is 47.0 Å². The molecule has 7 nitrogen and oxygen atoms in total. The van der Waals surface area contributed by atoms with Gasteiger partial charge in [0.15, 0.2) is 0 Å². The van der Waals surface area contributed by atoms with Gasteiger partial charge in [-0.25, -0.2) is 9.18 Å². The van der Waals surface area contributed by atoms with Crippen LogP contribution in [0.4, 0.5) is 9.18 Å². The number of rotatable bonds is 4. The number of halogens is 1. The molecule has 0 saturated carbocycles. The molecule has 2 atom stereocenters. The van der Waals surface area contributed by atoms with E-state index in [4.69, 9.17) is 14.2 Å². The van der Waals surface area contributed by atoms with Crippen molar-refractivity contribution in [2.75, 3.05) is 19.7 Å². The molecule has 0 radical (unpaired) electrons. The number of nitrogens with zero attached hydrogens (tertiary/aromatic N) is 1. The van der Waals surface area contributed by atoms with Gasteiger partial charge in [-0.1, -0.05) is 30.3 Å². The maximum absolute atomic E-state index is 13.3. The number of piperidine rings is 1. The largest absolute Gasteiger partial charge is 0.519 e. The highest BCUT2D eigenvalue weighted by Crippen LogP contribution is 2.40. The molecule has 2 aliphatic rings. The molecule has 0 bridgehead atoms. The number of carbonyl (C=O) groups excluding carboxylic acids is 1. The van der Waals surface area contributed by atoms with Crippen LogP contribution in [0.5, 0.6) is 17.2 Å². The van der Waals surface area contributed by atoms with Gasteiger partial charge in [0, 0.05) is 24.7 Å². The standard InChI is InChI=1S/C27H26FNO6/c28-19-8-6-18(7-9-19)27(32)12-14-29(15-13-27)23-17-33-24-16-21(10-11-22(24)25(23)30)35-26(31)34-20-4-2-1-3-5-20/h1-11,16,23,25,30,32H,12-15,17H2/t23-,25+/m1/s1. The zero-order chi connectivity index (χ0) is 24.4. The number of hydrogen-bond acceptors (Lipinski definition) is 7. The summed E-state index contributed by atoms with van der Waals surface area (Å²) in [4.78, 5) is 14.2. The van der Waals surface area contributed by atoms with Crippen LogP contribution in [0.25, 0.3) is 0 Å². The summed E-state index contributed by atoms with van der Waals surface area (Å²) in [6, 6.07) is 19.1. The molecule has 1 saturated heterocycles. The number of para-hydroxylation sites is 1. The summed E-state index contributed by atoms with van der Waals surface area (Å²) in [7, 11) is 0. The Morgan fingerprint density at radius 3 is 2.37 bits per heavy atom. The predicted octanol–water partition coefficient (Wildman–Crippen LogP) is 4.18. The van der Waals surface area contributed by atoms with Gasteiger partial charge >= 0.3 is 6.16 Å². The van der Waals surface area contributed by atoms with Gasteiger partial charge in [0.2, 0.25) is 0 Å². The van der Waals surface area contributed by atoms with Crippen LogP contribution < -0.4 is 14.2 Å². The van der Waals surface area contributed by atoms with Gasteiger partial charge in [0.25, 0.3) is 0 Å². The predicted molar refractivity (Wildman–Crippen MR) is 125 cm³/mol. The van der Waals surface area contributed by atoms with Crippen LogP contribution in [0, 0.1) is 5.82 Å². The first kappa shape index (κ1) is 23.3. The molecular formula is C27H26FNO6. The number of likely N-dealkylation sites (tertiary alicyclic amines) is 1. The van der Waals surface area contributed by atoms with Crippen molar-refractivity contribution in [3.63, 3.8) is 0 Å².